The summed E-state index contributed by atoms with van der Waals surface area (Å²) in [4.78, 5) is 11.0. The highest BCUT2D eigenvalue weighted by Gasteiger charge is 2.15. The van der Waals surface area contributed by atoms with Crippen molar-refractivity contribution >= 4 is 16.3 Å². The topological polar surface area (TPSA) is 108 Å². The molecule has 2 aromatic rings. The third-order valence-electron chi connectivity index (χ3n) is 2.92. The van der Waals surface area contributed by atoms with Gasteiger partial charge in [-0.15, -0.1) is 5.10 Å². The predicted molar refractivity (Wildman–Crippen MR) is 76.7 cm³/mol. The number of carbonyl (C=O) groups excluding carboxylic acids is 1. The summed E-state index contributed by atoms with van der Waals surface area (Å²) in [5.41, 5.74) is 1.61. The van der Waals surface area contributed by atoms with E-state index >= 15 is 0 Å². The molecule has 0 atom stereocenters. The number of primary sulfonamides is 1. The summed E-state index contributed by atoms with van der Waals surface area (Å²) in [6.07, 6.45) is 1.30. The molecule has 1 heterocycles. The van der Waals surface area contributed by atoms with E-state index in [1.807, 2.05) is 13.8 Å². The van der Waals surface area contributed by atoms with Gasteiger partial charge in [0.15, 0.2) is 6.29 Å². The van der Waals surface area contributed by atoms with Crippen LogP contribution in [0, 0.1) is 5.92 Å². The number of rotatable bonds is 5. The largest absolute Gasteiger partial charge is 0.296 e. The Labute approximate surface area is 122 Å². The van der Waals surface area contributed by atoms with Crippen molar-refractivity contribution in [2.24, 2.45) is 11.1 Å². The molecule has 0 bridgehead atoms. The highest BCUT2D eigenvalue weighted by Crippen LogP contribution is 2.17. The Morgan fingerprint density at radius 2 is 1.90 bits per heavy atom. The van der Waals surface area contributed by atoms with Crippen LogP contribution in [0.4, 0.5) is 0 Å². The maximum Gasteiger partial charge on any atom is 0.238 e. The van der Waals surface area contributed by atoms with Gasteiger partial charge in [0, 0.05) is 0 Å². The van der Waals surface area contributed by atoms with E-state index in [1.54, 1.807) is 12.1 Å². The molecule has 0 radical (unpaired) electrons. The fourth-order valence-corrected chi connectivity index (χ4v) is 2.48. The second kappa shape index (κ2) is 5.74. The average molecular weight is 308 g/mol. The van der Waals surface area contributed by atoms with E-state index in [-0.39, 0.29) is 4.90 Å². The maximum absolute atomic E-state index is 11.2. The molecule has 0 saturated carbocycles. The van der Waals surface area contributed by atoms with E-state index in [9.17, 15) is 13.2 Å². The Balaban J connectivity index is 2.47. The van der Waals surface area contributed by atoms with E-state index in [1.165, 1.54) is 16.8 Å². The Morgan fingerprint density at radius 1 is 1.29 bits per heavy atom. The molecule has 0 aliphatic rings. The van der Waals surface area contributed by atoms with Gasteiger partial charge in [-0.2, -0.15) is 0 Å². The monoisotopic (exact) mass is 308 g/mol. The van der Waals surface area contributed by atoms with Crippen LogP contribution < -0.4 is 5.14 Å². The van der Waals surface area contributed by atoms with Crippen molar-refractivity contribution in [1.82, 2.24) is 15.0 Å². The summed E-state index contributed by atoms with van der Waals surface area (Å²) in [6.45, 7) is 4.05. The minimum atomic E-state index is -3.73. The summed E-state index contributed by atoms with van der Waals surface area (Å²) >= 11 is 0. The highest BCUT2D eigenvalue weighted by atomic mass is 32.2. The molecular weight excluding hydrogens is 292 g/mol. The molecule has 21 heavy (non-hydrogen) atoms. The van der Waals surface area contributed by atoms with Crippen molar-refractivity contribution in [2.45, 2.75) is 25.2 Å². The van der Waals surface area contributed by atoms with Crippen molar-refractivity contribution in [3.63, 3.8) is 0 Å². The van der Waals surface area contributed by atoms with E-state index in [0.29, 0.717) is 35.7 Å². The summed E-state index contributed by atoms with van der Waals surface area (Å²) in [5, 5.41) is 12.9. The number of carbonyl (C=O) groups is 1. The molecule has 7 nitrogen and oxygen atoms in total. The van der Waals surface area contributed by atoms with Gasteiger partial charge in [-0.1, -0.05) is 19.1 Å². The molecule has 0 aliphatic heterocycles. The van der Waals surface area contributed by atoms with Crippen LogP contribution in [0.15, 0.2) is 29.2 Å². The van der Waals surface area contributed by atoms with Crippen molar-refractivity contribution in [3.05, 3.63) is 35.7 Å². The van der Waals surface area contributed by atoms with E-state index in [2.05, 4.69) is 10.3 Å². The van der Waals surface area contributed by atoms with E-state index < -0.39 is 10.0 Å². The quantitative estimate of drug-likeness (QED) is 0.826. The summed E-state index contributed by atoms with van der Waals surface area (Å²) in [7, 11) is -3.73. The van der Waals surface area contributed by atoms with E-state index in [0.717, 1.165) is 0 Å². The molecule has 1 aromatic heterocycles. The smallest absolute Gasteiger partial charge is 0.238 e. The molecular formula is C13H16N4O3S. The van der Waals surface area contributed by atoms with Crippen molar-refractivity contribution in [2.75, 3.05) is 0 Å². The number of aldehydes is 1. The number of hydrogen-bond acceptors (Lipinski definition) is 5. The maximum atomic E-state index is 11.2. The van der Waals surface area contributed by atoms with Crippen LogP contribution >= 0.6 is 0 Å². The van der Waals surface area contributed by atoms with Gasteiger partial charge in [0.05, 0.1) is 16.3 Å². The molecule has 0 spiro atoms. The van der Waals surface area contributed by atoms with Gasteiger partial charge >= 0.3 is 0 Å². The lowest BCUT2D eigenvalue weighted by molar-refractivity contribution is 0.111. The summed E-state index contributed by atoms with van der Waals surface area (Å²) in [5.74, 6) is 0.324. The van der Waals surface area contributed by atoms with Crippen LogP contribution in [-0.4, -0.2) is 29.7 Å². The third-order valence-corrected chi connectivity index (χ3v) is 3.85. The van der Waals surface area contributed by atoms with Gasteiger partial charge in [-0.3, -0.25) is 4.79 Å². The molecule has 0 saturated heterocycles. The van der Waals surface area contributed by atoms with E-state index in [4.69, 9.17) is 5.14 Å². The lowest BCUT2D eigenvalue weighted by atomic mass is 10.1. The van der Waals surface area contributed by atoms with Crippen molar-refractivity contribution < 1.29 is 13.2 Å². The second-order valence-electron chi connectivity index (χ2n) is 5.09. The zero-order valence-electron chi connectivity index (χ0n) is 11.7. The highest BCUT2D eigenvalue weighted by molar-refractivity contribution is 7.89. The number of sulfonamides is 1. The zero-order valence-corrected chi connectivity index (χ0v) is 12.5. The lowest BCUT2D eigenvalue weighted by Gasteiger charge is -2.09. The van der Waals surface area contributed by atoms with Gasteiger partial charge in [0.2, 0.25) is 10.0 Å². The molecule has 8 heteroatoms. The molecule has 2 N–H and O–H groups in total. The Kier molecular flexibility index (Phi) is 4.19. The van der Waals surface area contributed by atoms with Crippen LogP contribution in [0.25, 0.3) is 5.69 Å². The molecule has 0 fully saturated rings. The first-order chi connectivity index (χ1) is 9.82. The molecule has 112 valence electrons. The van der Waals surface area contributed by atoms with Gasteiger partial charge in [0.1, 0.15) is 5.69 Å². The average Bonchev–Trinajstić information content (AvgIpc) is 2.80. The fraction of sp³-hybridized carbons (Fsp3) is 0.308. The number of nitrogens with two attached hydrogens (primary N) is 1. The summed E-state index contributed by atoms with van der Waals surface area (Å²) < 4.78 is 24.0. The Hall–Kier alpha value is -2.06. The Morgan fingerprint density at radius 3 is 2.38 bits per heavy atom. The number of nitrogens with zero attached hydrogens (tertiary/aromatic N) is 3. The normalized spacial score (nSPS) is 11.8. The molecule has 0 amide bonds. The Bertz CT molecular complexity index is 748. The first kappa shape index (κ1) is 15.3. The number of hydrogen-bond donors (Lipinski definition) is 1. The first-order valence-corrected chi connectivity index (χ1v) is 7.90. The van der Waals surface area contributed by atoms with Crippen LogP contribution in [0.5, 0.6) is 0 Å². The number of aromatic nitrogens is 3. The molecule has 2 rings (SSSR count). The van der Waals surface area contributed by atoms with Crippen molar-refractivity contribution in [1.29, 1.82) is 0 Å². The van der Waals surface area contributed by atoms with Gasteiger partial charge in [-0.05, 0) is 36.6 Å². The third kappa shape index (κ3) is 3.34. The second-order valence-corrected chi connectivity index (χ2v) is 6.65. The van der Waals surface area contributed by atoms with Crippen LogP contribution in [0.2, 0.25) is 0 Å². The van der Waals surface area contributed by atoms with Crippen LogP contribution in [0.1, 0.15) is 30.0 Å². The minimum absolute atomic E-state index is 0.0207. The van der Waals surface area contributed by atoms with Gasteiger partial charge < -0.3 is 0 Å². The van der Waals surface area contributed by atoms with Crippen LogP contribution in [0.3, 0.4) is 0 Å². The standard InChI is InChI=1S/C13H16N4O3S/c1-9(2)7-13-12(8-18)15-16-17(13)10-3-5-11(6-4-10)21(14,19)20/h3-6,8-9H,7H2,1-2H3,(H2,14,19,20). The molecule has 0 aliphatic carbocycles. The van der Waals surface area contributed by atoms with Gasteiger partial charge in [-0.25, -0.2) is 18.2 Å². The first-order valence-electron chi connectivity index (χ1n) is 6.36. The summed E-state index contributed by atoms with van der Waals surface area (Å²) in [6, 6.07) is 5.94. The van der Waals surface area contributed by atoms with Crippen molar-refractivity contribution in [3.8, 4) is 5.69 Å². The lowest BCUT2D eigenvalue weighted by Crippen LogP contribution is -2.12. The zero-order chi connectivity index (χ0) is 15.6. The molecule has 0 unspecified atom stereocenters. The predicted octanol–water partition coefficient (Wildman–Crippen LogP) is 0.926. The van der Waals surface area contributed by atoms with Crippen LogP contribution in [-0.2, 0) is 16.4 Å². The molecule has 1 aromatic carbocycles. The van der Waals surface area contributed by atoms with Gasteiger partial charge in [0.25, 0.3) is 0 Å². The minimum Gasteiger partial charge on any atom is -0.296 e. The fourth-order valence-electron chi connectivity index (χ4n) is 1.97. The number of benzene rings is 1. The SMILES string of the molecule is CC(C)Cc1c(C=O)nnn1-c1ccc(S(N)(=O)=O)cc1.